The van der Waals surface area contributed by atoms with Gasteiger partial charge in [-0.15, -0.1) is 0 Å². The Balaban J connectivity index is 1.89. The second-order valence-electron chi connectivity index (χ2n) is 5.23. The molecule has 6 heteroatoms. The van der Waals surface area contributed by atoms with Gasteiger partial charge in [0.25, 0.3) is 0 Å². The van der Waals surface area contributed by atoms with Crippen LogP contribution in [0.4, 0.5) is 0 Å². The fraction of sp³-hybridized carbons (Fsp3) is 0.500. The van der Waals surface area contributed by atoms with Crippen LogP contribution < -0.4 is 4.74 Å². The van der Waals surface area contributed by atoms with Gasteiger partial charge in [0.1, 0.15) is 12.4 Å². The van der Waals surface area contributed by atoms with E-state index in [1.807, 2.05) is 25.1 Å². The van der Waals surface area contributed by atoms with E-state index in [4.69, 9.17) is 14.6 Å². The van der Waals surface area contributed by atoms with Gasteiger partial charge in [-0.2, -0.15) is 0 Å². The van der Waals surface area contributed by atoms with Crippen molar-refractivity contribution in [2.45, 2.75) is 19.1 Å². The average molecular weight is 344 g/mol. The molecule has 0 unspecified atom stereocenters. The lowest BCUT2D eigenvalue weighted by atomic mass is 9.95. The summed E-state index contributed by atoms with van der Waals surface area (Å²) < 4.78 is 11.7. The summed E-state index contributed by atoms with van der Waals surface area (Å²) in [5, 5.41) is 8.63. The Morgan fingerprint density at radius 1 is 1.50 bits per heavy atom. The lowest BCUT2D eigenvalue weighted by Gasteiger charge is -2.47. The molecule has 0 atom stereocenters. The molecular formula is C14H18BrNO4. The predicted molar refractivity (Wildman–Crippen MR) is 78.0 cm³/mol. The zero-order valence-electron chi connectivity index (χ0n) is 11.6. The van der Waals surface area contributed by atoms with E-state index in [9.17, 15) is 4.79 Å². The zero-order valence-corrected chi connectivity index (χ0v) is 13.1. The summed E-state index contributed by atoms with van der Waals surface area (Å²) in [6.45, 7) is 3.93. The number of hydrogen-bond acceptors (Lipinski definition) is 4. The van der Waals surface area contributed by atoms with Crippen LogP contribution in [0.3, 0.4) is 0 Å². The van der Waals surface area contributed by atoms with Gasteiger partial charge in [-0.3, -0.25) is 4.90 Å². The van der Waals surface area contributed by atoms with Crippen LogP contribution in [0.15, 0.2) is 22.7 Å². The molecule has 1 saturated heterocycles. The van der Waals surface area contributed by atoms with Gasteiger partial charge in [0.2, 0.25) is 0 Å². The zero-order chi connectivity index (χ0) is 14.8. The van der Waals surface area contributed by atoms with Crippen molar-refractivity contribution in [1.82, 2.24) is 4.90 Å². The van der Waals surface area contributed by atoms with Gasteiger partial charge in [-0.05, 0) is 30.7 Å². The van der Waals surface area contributed by atoms with E-state index in [0.717, 1.165) is 35.4 Å². The third-order valence-corrected chi connectivity index (χ3v) is 4.08. The highest BCUT2D eigenvalue weighted by atomic mass is 79.9. The van der Waals surface area contributed by atoms with Crippen LogP contribution >= 0.6 is 15.9 Å². The monoisotopic (exact) mass is 343 g/mol. The first-order chi connectivity index (χ1) is 9.42. The van der Waals surface area contributed by atoms with Crippen molar-refractivity contribution in [1.29, 1.82) is 0 Å². The van der Waals surface area contributed by atoms with Crippen molar-refractivity contribution in [2.75, 3.05) is 26.8 Å². The minimum Gasteiger partial charge on any atom is -0.497 e. The number of nitrogens with zero attached hydrogens (tertiary/aromatic N) is 1. The predicted octanol–water partition coefficient (Wildman–Crippen LogP) is 2.13. The normalized spacial score (nSPS) is 17.6. The van der Waals surface area contributed by atoms with Crippen molar-refractivity contribution < 1.29 is 19.4 Å². The molecule has 2 rings (SSSR count). The average Bonchev–Trinajstić information content (AvgIpc) is 2.37. The first kappa shape index (κ1) is 15.3. The van der Waals surface area contributed by atoms with Crippen LogP contribution in [0.1, 0.15) is 12.5 Å². The van der Waals surface area contributed by atoms with Crippen molar-refractivity contribution in [3.05, 3.63) is 28.2 Å². The Morgan fingerprint density at radius 3 is 2.80 bits per heavy atom. The molecule has 0 bridgehead atoms. The summed E-state index contributed by atoms with van der Waals surface area (Å²) >= 11 is 3.53. The van der Waals surface area contributed by atoms with Crippen LogP contribution in [-0.4, -0.2) is 48.4 Å². The maximum absolute atomic E-state index is 10.5. The number of halogens is 1. The van der Waals surface area contributed by atoms with Crippen LogP contribution in [0, 0.1) is 0 Å². The second-order valence-corrected chi connectivity index (χ2v) is 6.09. The first-order valence-corrected chi connectivity index (χ1v) is 7.12. The molecule has 5 nitrogen and oxygen atoms in total. The van der Waals surface area contributed by atoms with Crippen LogP contribution in [0.5, 0.6) is 5.75 Å². The van der Waals surface area contributed by atoms with Crippen molar-refractivity contribution in [3.8, 4) is 5.75 Å². The molecule has 0 saturated carbocycles. The van der Waals surface area contributed by atoms with E-state index >= 15 is 0 Å². The van der Waals surface area contributed by atoms with Gasteiger partial charge in [0, 0.05) is 24.1 Å². The van der Waals surface area contributed by atoms with Crippen molar-refractivity contribution >= 4 is 21.9 Å². The Hall–Kier alpha value is -1.11. The molecule has 0 spiro atoms. The van der Waals surface area contributed by atoms with E-state index in [-0.39, 0.29) is 12.2 Å². The fourth-order valence-corrected chi connectivity index (χ4v) is 2.75. The van der Waals surface area contributed by atoms with E-state index in [1.54, 1.807) is 7.11 Å². The summed E-state index contributed by atoms with van der Waals surface area (Å²) in [6.07, 6.45) is 0. The number of benzene rings is 1. The fourth-order valence-electron chi connectivity index (χ4n) is 2.38. The molecule has 0 radical (unpaired) electrons. The maximum atomic E-state index is 10.5. The molecular weight excluding hydrogens is 326 g/mol. The molecule has 1 aliphatic rings. The molecule has 0 aliphatic carbocycles. The van der Waals surface area contributed by atoms with E-state index in [2.05, 4.69) is 20.8 Å². The number of ether oxygens (including phenoxy) is 2. The third kappa shape index (κ3) is 3.71. The highest BCUT2D eigenvalue weighted by molar-refractivity contribution is 9.10. The molecule has 0 amide bonds. The van der Waals surface area contributed by atoms with Crippen molar-refractivity contribution in [2.24, 2.45) is 0 Å². The Morgan fingerprint density at radius 2 is 2.20 bits per heavy atom. The minimum atomic E-state index is -0.930. The molecule has 1 aromatic carbocycles. The number of carbonyl (C=O) groups is 1. The number of hydrogen-bond donors (Lipinski definition) is 1. The Bertz CT molecular complexity index is 500. The number of rotatable bonds is 6. The highest BCUT2D eigenvalue weighted by Crippen LogP contribution is 2.29. The summed E-state index contributed by atoms with van der Waals surface area (Å²) in [5.74, 6) is -0.103. The molecule has 110 valence electrons. The van der Waals surface area contributed by atoms with E-state index in [0.29, 0.717) is 0 Å². The van der Waals surface area contributed by atoms with Gasteiger partial charge in [-0.25, -0.2) is 4.79 Å². The molecule has 1 fully saturated rings. The lowest BCUT2D eigenvalue weighted by molar-refractivity contribution is -0.165. The highest BCUT2D eigenvalue weighted by Gasteiger charge is 2.40. The van der Waals surface area contributed by atoms with Gasteiger partial charge < -0.3 is 14.6 Å². The second kappa shape index (κ2) is 6.11. The Kier molecular flexibility index (Phi) is 4.67. The number of methoxy groups -OCH3 is 1. The smallest absolute Gasteiger partial charge is 0.329 e. The maximum Gasteiger partial charge on any atom is 0.329 e. The summed E-state index contributed by atoms with van der Waals surface area (Å²) in [7, 11) is 1.65. The van der Waals surface area contributed by atoms with Crippen LogP contribution in [0.25, 0.3) is 0 Å². The van der Waals surface area contributed by atoms with Gasteiger partial charge >= 0.3 is 5.97 Å². The summed E-state index contributed by atoms with van der Waals surface area (Å²) in [5.41, 5.74) is 0.786. The molecule has 1 aromatic rings. The standard InChI is InChI=1S/C14H18BrNO4/c1-14(20-7-13(17)18)8-16(9-14)6-10-5-11(19-2)3-4-12(10)15/h3-5H,6-9H2,1-2H3,(H,17,18). The van der Waals surface area contributed by atoms with E-state index < -0.39 is 5.97 Å². The van der Waals surface area contributed by atoms with Crippen LogP contribution in [0.2, 0.25) is 0 Å². The topological polar surface area (TPSA) is 59.0 Å². The number of aliphatic carboxylic acids is 1. The SMILES string of the molecule is COc1ccc(Br)c(CN2CC(C)(OCC(=O)O)C2)c1. The number of carboxylic acid groups (broad SMARTS) is 1. The molecule has 0 aromatic heterocycles. The van der Waals surface area contributed by atoms with Gasteiger partial charge in [-0.1, -0.05) is 15.9 Å². The largest absolute Gasteiger partial charge is 0.497 e. The third-order valence-electron chi connectivity index (χ3n) is 3.31. The van der Waals surface area contributed by atoms with Gasteiger partial charge in [0.05, 0.1) is 12.7 Å². The van der Waals surface area contributed by atoms with Crippen LogP contribution in [-0.2, 0) is 16.1 Å². The first-order valence-electron chi connectivity index (χ1n) is 6.32. The van der Waals surface area contributed by atoms with Gasteiger partial charge in [0.15, 0.2) is 0 Å². The summed E-state index contributed by atoms with van der Waals surface area (Å²) in [6, 6.07) is 5.87. The number of likely N-dealkylation sites (tertiary alicyclic amines) is 1. The van der Waals surface area contributed by atoms with Crippen molar-refractivity contribution in [3.63, 3.8) is 0 Å². The lowest BCUT2D eigenvalue weighted by Crippen LogP contribution is -2.61. The number of carboxylic acids is 1. The van der Waals surface area contributed by atoms with E-state index in [1.165, 1.54) is 0 Å². The minimum absolute atomic E-state index is 0.243. The molecule has 1 heterocycles. The Labute approximate surface area is 126 Å². The summed E-state index contributed by atoms with van der Waals surface area (Å²) in [4.78, 5) is 12.7. The molecule has 20 heavy (non-hydrogen) atoms. The molecule has 1 N–H and O–H groups in total. The molecule has 1 aliphatic heterocycles. The quantitative estimate of drug-likeness (QED) is 0.857.